The van der Waals surface area contributed by atoms with E-state index in [1.165, 1.54) is 6.07 Å². The lowest BCUT2D eigenvalue weighted by Crippen LogP contribution is -2.45. The van der Waals surface area contributed by atoms with Crippen molar-refractivity contribution in [1.82, 2.24) is 0 Å². The van der Waals surface area contributed by atoms with Gasteiger partial charge in [0.2, 0.25) is 0 Å². The minimum Gasteiger partial charge on any atom is -0.377 e. The smallest absolute Gasteiger partial charge is 0.295 e. The molecule has 0 atom stereocenters. The van der Waals surface area contributed by atoms with Crippen LogP contribution in [-0.4, -0.2) is 24.2 Å². The SMILES string of the molecule is COC1(CNc2cc(C)c(F)cc2[N+](=O)[O-])CCC1. The number of nitrogens with one attached hydrogen (secondary N) is 1. The van der Waals surface area contributed by atoms with Crippen molar-refractivity contribution in [3.05, 3.63) is 33.6 Å². The van der Waals surface area contributed by atoms with Crippen LogP contribution in [0.3, 0.4) is 0 Å². The second kappa shape index (κ2) is 5.13. The average Bonchev–Trinajstić information content (AvgIpc) is 2.32. The van der Waals surface area contributed by atoms with Crippen LogP contribution in [0.2, 0.25) is 0 Å². The molecule has 1 aromatic rings. The fraction of sp³-hybridized carbons (Fsp3) is 0.538. The van der Waals surface area contributed by atoms with Crippen LogP contribution in [0.15, 0.2) is 12.1 Å². The summed E-state index contributed by atoms with van der Waals surface area (Å²) in [4.78, 5) is 10.4. The van der Waals surface area contributed by atoms with Gasteiger partial charge in [0.25, 0.3) is 5.69 Å². The normalized spacial score (nSPS) is 16.8. The summed E-state index contributed by atoms with van der Waals surface area (Å²) in [6.45, 7) is 2.08. The second-order valence-corrected chi connectivity index (χ2v) is 4.97. The van der Waals surface area contributed by atoms with E-state index in [4.69, 9.17) is 4.74 Å². The van der Waals surface area contributed by atoms with Crippen LogP contribution >= 0.6 is 0 Å². The molecule has 104 valence electrons. The summed E-state index contributed by atoms with van der Waals surface area (Å²) in [7, 11) is 1.64. The number of benzene rings is 1. The van der Waals surface area contributed by atoms with E-state index < -0.39 is 10.7 Å². The quantitative estimate of drug-likeness (QED) is 0.658. The third-order valence-electron chi connectivity index (χ3n) is 3.77. The van der Waals surface area contributed by atoms with E-state index in [-0.39, 0.29) is 11.3 Å². The molecule has 1 aliphatic rings. The Labute approximate surface area is 110 Å². The first-order chi connectivity index (χ1) is 8.97. The number of aryl methyl sites for hydroxylation is 1. The van der Waals surface area contributed by atoms with Crippen LogP contribution in [-0.2, 0) is 4.74 Å². The molecule has 0 saturated heterocycles. The highest BCUT2D eigenvalue weighted by molar-refractivity contribution is 5.63. The molecular formula is C13H17FN2O3. The summed E-state index contributed by atoms with van der Waals surface area (Å²) in [6.07, 6.45) is 2.97. The minimum atomic E-state index is -0.578. The molecule has 1 saturated carbocycles. The van der Waals surface area contributed by atoms with E-state index in [1.807, 2.05) is 0 Å². The van der Waals surface area contributed by atoms with Gasteiger partial charge in [0, 0.05) is 13.7 Å². The molecule has 1 fully saturated rings. The van der Waals surface area contributed by atoms with Crippen LogP contribution in [0.5, 0.6) is 0 Å². The first-order valence-corrected chi connectivity index (χ1v) is 6.21. The molecule has 0 bridgehead atoms. The first kappa shape index (κ1) is 13.7. The van der Waals surface area contributed by atoms with Crippen molar-refractivity contribution >= 4 is 11.4 Å². The van der Waals surface area contributed by atoms with Crippen LogP contribution in [0.1, 0.15) is 24.8 Å². The van der Waals surface area contributed by atoms with Crippen molar-refractivity contribution < 1.29 is 14.1 Å². The van der Waals surface area contributed by atoms with Crippen molar-refractivity contribution in [3.63, 3.8) is 0 Å². The monoisotopic (exact) mass is 268 g/mol. The molecule has 1 aromatic carbocycles. The highest BCUT2D eigenvalue weighted by Gasteiger charge is 2.37. The van der Waals surface area contributed by atoms with Gasteiger partial charge >= 0.3 is 0 Å². The van der Waals surface area contributed by atoms with Gasteiger partial charge in [-0.15, -0.1) is 0 Å². The Kier molecular flexibility index (Phi) is 3.71. The van der Waals surface area contributed by atoms with Gasteiger partial charge in [0.1, 0.15) is 11.5 Å². The molecule has 0 radical (unpaired) electrons. The highest BCUT2D eigenvalue weighted by atomic mass is 19.1. The lowest BCUT2D eigenvalue weighted by Gasteiger charge is -2.40. The van der Waals surface area contributed by atoms with Gasteiger partial charge in [-0.3, -0.25) is 10.1 Å². The van der Waals surface area contributed by atoms with E-state index in [0.29, 0.717) is 17.8 Å². The average molecular weight is 268 g/mol. The Hall–Kier alpha value is -1.69. The second-order valence-electron chi connectivity index (χ2n) is 4.97. The summed E-state index contributed by atoms with van der Waals surface area (Å²) in [5, 5.41) is 14.0. The van der Waals surface area contributed by atoms with Crippen LogP contribution in [0, 0.1) is 22.9 Å². The van der Waals surface area contributed by atoms with Crippen LogP contribution < -0.4 is 5.32 Å². The lowest BCUT2D eigenvalue weighted by atomic mass is 9.80. The molecule has 0 unspecified atom stereocenters. The molecule has 0 heterocycles. The number of ether oxygens (including phenoxy) is 1. The van der Waals surface area contributed by atoms with Crippen molar-refractivity contribution in [1.29, 1.82) is 0 Å². The number of halogens is 1. The molecule has 0 spiro atoms. The summed E-state index contributed by atoms with van der Waals surface area (Å²) >= 11 is 0. The van der Waals surface area contributed by atoms with Crippen molar-refractivity contribution in [2.75, 3.05) is 19.0 Å². The summed E-state index contributed by atoms with van der Waals surface area (Å²) in [5.41, 5.74) is 0.241. The number of methoxy groups -OCH3 is 1. The van der Waals surface area contributed by atoms with Crippen molar-refractivity contribution in [3.8, 4) is 0 Å². The predicted octanol–water partition coefficient (Wildman–Crippen LogP) is 3.02. The van der Waals surface area contributed by atoms with E-state index in [1.54, 1.807) is 14.0 Å². The molecule has 0 aromatic heterocycles. The van der Waals surface area contributed by atoms with Gasteiger partial charge in [-0.25, -0.2) is 4.39 Å². The third-order valence-corrected chi connectivity index (χ3v) is 3.77. The van der Waals surface area contributed by atoms with Crippen molar-refractivity contribution in [2.24, 2.45) is 0 Å². The number of anilines is 1. The van der Waals surface area contributed by atoms with Crippen molar-refractivity contribution in [2.45, 2.75) is 31.8 Å². The zero-order valence-corrected chi connectivity index (χ0v) is 11.0. The maximum atomic E-state index is 13.4. The molecule has 2 rings (SSSR count). The fourth-order valence-corrected chi connectivity index (χ4v) is 2.24. The Balaban J connectivity index is 2.19. The summed E-state index contributed by atoms with van der Waals surface area (Å²) in [6, 6.07) is 2.42. The topological polar surface area (TPSA) is 64.4 Å². The molecule has 1 N–H and O–H groups in total. The molecule has 6 heteroatoms. The van der Waals surface area contributed by atoms with Gasteiger partial charge < -0.3 is 10.1 Å². The number of hydrogen-bond donors (Lipinski definition) is 1. The maximum absolute atomic E-state index is 13.4. The number of rotatable bonds is 5. The van der Waals surface area contributed by atoms with E-state index in [9.17, 15) is 14.5 Å². The Bertz CT molecular complexity index is 495. The highest BCUT2D eigenvalue weighted by Crippen LogP contribution is 2.36. The van der Waals surface area contributed by atoms with E-state index >= 15 is 0 Å². The summed E-state index contributed by atoms with van der Waals surface area (Å²) in [5.74, 6) is -0.567. The molecule has 19 heavy (non-hydrogen) atoms. The molecule has 0 aliphatic heterocycles. The minimum absolute atomic E-state index is 0.240. The zero-order chi connectivity index (χ0) is 14.0. The van der Waals surface area contributed by atoms with Crippen LogP contribution in [0.4, 0.5) is 15.8 Å². The molecule has 5 nitrogen and oxygen atoms in total. The first-order valence-electron chi connectivity index (χ1n) is 6.21. The largest absolute Gasteiger partial charge is 0.377 e. The van der Waals surface area contributed by atoms with Gasteiger partial charge in [0.15, 0.2) is 0 Å². The van der Waals surface area contributed by atoms with E-state index in [0.717, 1.165) is 25.3 Å². The Morgan fingerprint density at radius 1 is 1.53 bits per heavy atom. The number of nitrogens with zero attached hydrogens (tertiary/aromatic N) is 1. The number of nitro benzene ring substituents is 1. The fourth-order valence-electron chi connectivity index (χ4n) is 2.24. The van der Waals surface area contributed by atoms with Gasteiger partial charge in [-0.1, -0.05) is 0 Å². The number of hydrogen-bond acceptors (Lipinski definition) is 4. The van der Waals surface area contributed by atoms with Gasteiger partial charge in [-0.2, -0.15) is 0 Å². The standard InChI is InChI=1S/C13H17FN2O3/c1-9-6-11(12(16(17)18)7-10(9)14)15-8-13(19-2)4-3-5-13/h6-7,15H,3-5,8H2,1-2H3. The zero-order valence-electron chi connectivity index (χ0n) is 11.0. The Morgan fingerprint density at radius 3 is 2.68 bits per heavy atom. The Morgan fingerprint density at radius 2 is 2.21 bits per heavy atom. The number of nitro groups is 1. The summed E-state index contributed by atoms with van der Waals surface area (Å²) < 4.78 is 18.8. The third kappa shape index (κ3) is 2.68. The molecule has 1 aliphatic carbocycles. The maximum Gasteiger partial charge on any atom is 0.295 e. The molecule has 0 amide bonds. The lowest BCUT2D eigenvalue weighted by molar-refractivity contribution is -0.384. The van der Waals surface area contributed by atoms with E-state index in [2.05, 4.69) is 5.32 Å². The van der Waals surface area contributed by atoms with Gasteiger partial charge in [-0.05, 0) is 37.8 Å². The molecular weight excluding hydrogens is 251 g/mol. The van der Waals surface area contributed by atoms with Gasteiger partial charge in [0.05, 0.1) is 16.6 Å². The predicted molar refractivity (Wildman–Crippen MR) is 69.9 cm³/mol. The van der Waals surface area contributed by atoms with Crippen LogP contribution in [0.25, 0.3) is 0 Å².